The van der Waals surface area contributed by atoms with Crippen LogP contribution in [-0.2, 0) is 0 Å². The Morgan fingerprint density at radius 3 is 1.08 bits per heavy atom. The maximum atomic E-state index is 2.48. The van der Waals surface area contributed by atoms with Gasteiger partial charge >= 0.3 is 0 Å². The van der Waals surface area contributed by atoms with E-state index in [4.69, 9.17) is 0 Å². The van der Waals surface area contributed by atoms with Crippen LogP contribution in [0, 0.1) is 0 Å². The molecule has 2 heteroatoms. The zero-order chi connectivity index (χ0) is 17.9. The molecule has 0 unspecified atom stereocenters. The second-order valence-electron chi connectivity index (χ2n) is 7.51. The van der Waals surface area contributed by atoms with Crippen molar-refractivity contribution in [2.45, 2.75) is 26.6 Å². The highest BCUT2D eigenvalue weighted by molar-refractivity contribution is 7.98. The van der Waals surface area contributed by atoms with Crippen LogP contribution in [0.1, 0.15) is 6.92 Å². The normalized spacial score (nSPS) is 12.0. The van der Waals surface area contributed by atoms with Crippen molar-refractivity contribution in [1.82, 2.24) is 0 Å². The molecule has 0 aliphatic carbocycles. The lowest BCUT2D eigenvalue weighted by Crippen LogP contribution is -2.40. The third kappa shape index (κ3) is 3.32. The van der Waals surface area contributed by atoms with Gasteiger partial charge < -0.3 is 0 Å². The van der Waals surface area contributed by atoms with E-state index in [9.17, 15) is 0 Å². The van der Waals surface area contributed by atoms with Gasteiger partial charge in [0.25, 0.3) is 0 Å². The number of hydrogen-bond donors (Lipinski definition) is 0. The molecule has 25 heavy (non-hydrogen) atoms. The van der Waals surface area contributed by atoms with Crippen molar-refractivity contribution in [3.8, 4) is 0 Å². The Morgan fingerprint density at radius 2 is 0.840 bits per heavy atom. The minimum absolute atomic E-state index is 1.47. The first kappa shape index (κ1) is 18.0. The van der Waals surface area contributed by atoms with E-state index in [1.54, 1.807) is 4.92 Å². The summed E-state index contributed by atoms with van der Waals surface area (Å²) in [5.41, 5.74) is 0. The van der Waals surface area contributed by atoms with Gasteiger partial charge in [0.1, 0.15) is 0 Å². The van der Waals surface area contributed by atoms with Crippen molar-refractivity contribution in [2.24, 2.45) is 0 Å². The summed E-state index contributed by atoms with van der Waals surface area (Å²) in [6, 6.07) is 33.5. The van der Waals surface area contributed by atoms with Gasteiger partial charge in [-0.15, -0.1) is 0 Å². The van der Waals surface area contributed by atoms with Crippen LogP contribution < -0.4 is 15.9 Å². The monoisotopic (exact) mass is 362 g/mol. The molecule has 0 amide bonds. The predicted octanol–water partition coefficient (Wildman–Crippen LogP) is 5.05. The van der Waals surface area contributed by atoms with Crippen LogP contribution in [0.25, 0.3) is 0 Å². The molecule has 0 fully saturated rings. The van der Waals surface area contributed by atoms with Gasteiger partial charge in [0.15, 0.2) is 0 Å². The molecule has 0 atom stereocenters. The molecule has 0 spiro atoms. The summed E-state index contributed by atoms with van der Waals surface area (Å²) in [6.45, 7) is 8.07. The molecule has 128 valence electrons. The van der Waals surface area contributed by atoms with Gasteiger partial charge in [-0.05, 0) is 29.7 Å². The van der Waals surface area contributed by atoms with Crippen molar-refractivity contribution in [1.29, 1.82) is 0 Å². The van der Waals surface area contributed by atoms with Gasteiger partial charge in [-0.1, -0.05) is 116 Å². The van der Waals surface area contributed by atoms with E-state index in [1.165, 1.54) is 15.9 Å². The molecular formula is C23H27PSi. The summed E-state index contributed by atoms with van der Waals surface area (Å²) in [7, 11) is -1.48. The molecule has 0 nitrogen and oxygen atoms in total. The average Bonchev–Trinajstić information content (AvgIpc) is 2.64. The van der Waals surface area contributed by atoms with Crippen LogP contribution >= 0.6 is 6.89 Å². The molecule has 3 rings (SSSR count). The molecule has 3 aromatic carbocycles. The molecule has 0 radical (unpaired) electrons. The van der Waals surface area contributed by atoms with E-state index in [-0.39, 0.29) is 0 Å². The second-order valence-corrected chi connectivity index (χ2v) is 16.7. The number of hydrogen-bond acceptors (Lipinski definition) is 0. The fourth-order valence-corrected chi connectivity index (χ4v) is 12.6. The molecule has 0 aliphatic heterocycles. The Hall–Kier alpha value is -1.82. The third-order valence-corrected chi connectivity index (χ3v) is 14.4. The van der Waals surface area contributed by atoms with Gasteiger partial charge in [-0.3, -0.25) is 0 Å². The average molecular weight is 363 g/mol. The minimum atomic E-state index is -1.79. The first-order valence-corrected chi connectivity index (χ1v) is 14.2. The summed E-state index contributed by atoms with van der Waals surface area (Å²) in [5.74, 6) is 0. The standard InChI is InChI=1S/C23H27PSi/c1-20(25(2,3)4)24(21-14-8-5-9-15-21,22-16-10-6-11-17-22)23-18-12-7-13-19-23/h5-19H,1-4H3. The number of rotatable bonds is 4. The maximum absolute atomic E-state index is 2.48. The lowest BCUT2D eigenvalue weighted by atomic mass is 10.4. The molecule has 0 aromatic heterocycles. The second kappa shape index (κ2) is 7.20. The summed E-state index contributed by atoms with van der Waals surface area (Å²) >= 11 is 0. The van der Waals surface area contributed by atoms with Crippen LogP contribution in [0.3, 0.4) is 0 Å². The minimum Gasteiger partial charge on any atom is -0.0741 e. The fourth-order valence-electron chi connectivity index (χ4n) is 3.49. The van der Waals surface area contributed by atoms with E-state index < -0.39 is 15.0 Å². The Labute approximate surface area is 153 Å². The Kier molecular flexibility index (Phi) is 5.18. The predicted molar refractivity (Wildman–Crippen MR) is 119 cm³/mol. The maximum Gasteiger partial charge on any atom is 0.0734 e. The summed E-state index contributed by atoms with van der Waals surface area (Å²) in [6.07, 6.45) is 0. The van der Waals surface area contributed by atoms with Crippen LogP contribution in [0.15, 0.2) is 91.0 Å². The molecule has 0 heterocycles. The zero-order valence-electron chi connectivity index (χ0n) is 15.6. The first-order chi connectivity index (χ1) is 12.0. The Bertz CT molecular complexity index is 772. The molecule has 3 aromatic rings. The summed E-state index contributed by atoms with van der Waals surface area (Å²) in [5, 5.41) is 4.40. The highest BCUT2D eigenvalue weighted by atomic mass is 31.2. The quantitative estimate of drug-likeness (QED) is 0.450. The van der Waals surface area contributed by atoms with Gasteiger partial charge in [0.2, 0.25) is 0 Å². The topological polar surface area (TPSA) is 0 Å². The molecule has 0 saturated heterocycles. The largest absolute Gasteiger partial charge is 0.0741 e. The SMILES string of the molecule is CC([Si](C)(C)C)=P(c1ccccc1)(c1ccccc1)c1ccccc1. The lowest BCUT2D eigenvalue weighted by Gasteiger charge is -2.36. The third-order valence-electron chi connectivity index (χ3n) is 5.02. The summed E-state index contributed by atoms with van der Waals surface area (Å²) in [4.78, 5) is 1.70. The molecular weight excluding hydrogens is 335 g/mol. The van der Waals surface area contributed by atoms with Crippen molar-refractivity contribution in [3.63, 3.8) is 0 Å². The smallest absolute Gasteiger partial charge is 0.0734 e. The van der Waals surface area contributed by atoms with Gasteiger partial charge in [-0.25, -0.2) is 0 Å². The zero-order valence-corrected chi connectivity index (χ0v) is 17.5. The van der Waals surface area contributed by atoms with Gasteiger partial charge in [0, 0.05) is 0 Å². The van der Waals surface area contributed by atoms with Crippen LogP contribution in [0.5, 0.6) is 0 Å². The van der Waals surface area contributed by atoms with Crippen molar-refractivity contribution < 1.29 is 0 Å². The van der Waals surface area contributed by atoms with E-state index in [1.807, 2.05) is 0 Å². The van der Waals surface area contributed by atoms with Crippen molar-refractivity contribution in [3.05, 3.63) is 91.0 Å². The highest BCUT2D eigenvalue weighted by Gasteiger charge is 2.32. The van der Waals surface area contributed by atoms with E-state index >= 15 is 0 Å². The molecule has 0 aliphatic rings. The molecule has 0 saturated carbocycles. The van der Waals surface area contributed by atoms with Crippen molar-refractivity contribution in [2.75, 3.05) is 0 Å². The van der Waals surface area contributed by atoms with Crippen LogP contribution in [0.2, 0.25) is 19.6 Å². The van der Waals surface area contributed by atoms with E-state index in [0.717, 1.165) is 0 Å². The van der Waals surface area contributed by atoms with Crippen LogP contribution in [0.4, 0.5) is 0 Å². The highest BCUT2D eigenvalue weighted by Crippen LogP contribution is 2.47. The molecule has 0 bridgehead atoms. The van der Waals surface area contributed by atoms with E-state index in [0.29, 0.717) is 0 Å². The Morgan fingerprint density at radius 1 is 0.560 bits per heavy atom. The fraction of sp³-hybridized carbons (Fsp3) is 0.174. The lowest BCUT2D eigenvalue weighted by molar-refractivity contribution is 1.73. The van der Waals surface area contributed by atoms with Gasteiger partial charge in [-0.2, -0.15) is 0 Å². The summed E-state index contributed by atoms with van der Waals surface area (Å²) < 4.78 is 0. The van der Waals surface area contributed by atoms with Crippen molar-refractivity contribution >= 4 is 35.8 Å². The van der Waals surface area contributed by atoms with Crippen LogP contribution in [-0.4, -0.2) is 13.0 Å². The Balaban J connectivity index is 2.55. The molecule has 0 N–H and O–H groups in total. The first-order valence-electron chi connectivity index (χ1n) is 8.88. The number of benzene rings is 3. The van der Waals surface area contributed by atoms with E-state index in [2.05, 4.69) is 118 Å². The van der Waals surface area contributed by atoms with Gasteiger partial charge in [0.05, 0.1) is 8.07 Å².